The van der Waals surface area contributed by atoms with Crippen LogP contribution < -0.4 is 9.80 Å². The van der Waals surface area contributed by atoms with E-state index in [-0.39, 0.29) is 11.8 Å². The number of allylic oxidation sites excluding steroid dienone is 4. The molecule has 2 heteroatoms. The Morgan fingerprint density at radius 1 is 0.434 bits per heavy atom. The fourth-order valence-electron chi connectivity index (χ4n) is 9.45. The molecule has 0 bridgehead atoms. The number of hydrogen-bond donors (Lipinski definition) is 0. The number of rotatable bonds is 6. The molecule has 2 nitrogen and oxygen atoms in total. The molecule has 0 aliphatic heterocycles. The molecule has 2 atom stereocenters. The first-order valence-electron chi connectivity index (χ1n) is 18.7. The van der Waals surface area contributed by atoms with E-state index >= 15 is 0 Å². The van der Waals surface area contributed by atoms with Crippen LogP contribution in [0.25, 0.3) is 11.1 Å². The zero-order valence-electron chi connectivity index (χ0n) is 30.0. The van der Waals surface area contributed by atoms with E-state index in [1.165, 1.54) is 44.5 Å². The first-order chi connectivity index (χ1) is 26.1. The summed E-state index contributed by atoms with van der Waals surface area (Å²) in [5, 5.41) is 0. The van der Waals surface area contributed by atoms with Crippen LogP contribution in [0.5, 0.6) is 0 Å². The van der Waals surface area contributed by atoms with Crippen LogP contribution in [0.15, 0.2) is 200 Å². The quantitative estimate of drug-likeness (QED) is 0.172. The summed E-state index contributed by atoms with van der Waals surface area (Å²) in [5.74, 6) is 0.498. The fourth-order valence-corrected chi connectivity index (χ4v) is 9.45. The van der Waals surface area contributed by atoms with Crippen molar-refractivity contribution in [1.29, 1.82) is 0 Å². The van der Waals surface area contributed by atoms with Crippen LogP contribution in [0, 0.1) is 12.8 Å². The van der Waals surface area contributed by atoms with Gasteiger partial charge in [0.2, 0.25) is 0 Å². The minimum absolute atomic E-state index is 0.221. The smallest absolute Gasteiger partial charge is 0.0539 e. The minimum Gasteiger partial charge on any atom is -0.310 e. The van der Waals surface area contributed by atoms with Gasteiger partial charge < -0.3 is 9.80 Å². The van der Waals surface area contributed by atoms with Crippen molar-refractivity contribution in [3.05, 3.63) is 228 Å². The lowest BCUT2D eigenvalue weighted by atomic mass is 9.64. The van der Waals surface area contributed by atoms with Crippen molar-refractivity contribution in [2.45, 2.75) is 25.2 Å². The molecular formula is C51H40N2. The van der Waals surface area contributed by atoms with Gasteiger partial charge in [0.05, 0.1) is 5.41 Å². The summed E-state index contributed by atoms with van der Waals surface area (Å²) < 4.78 is 0. The van der Waals surface area contributed by atoms with Crippen LogP contribution in [-0.2, 0) is 5.41 Å². The molecule has 0 saturated carbocycles. The molecule has 1 spiro atoms. The third-order valence-electron chi connectivity index (χ3n) is 11.6. The second-order valence-corrected chi connectivity index (χ2v) is 14.7. The molecule has 3 aliphatic rings. The Morgan fingerprint density at radius 2 is 0.887 bits per heavy atom. The lowest BCUT2D eigenvalue weighted by Crippen LogP contribution is -2.33. The highest BCUT2D eigenvalue weighted by atomic mass is 15.1. The van der Waals surface area contributed by atoms with E-state index in [1.54, 1.807) is 0 Å². The zero-order valence-corrected chi connectivity index (χ0v) is 30.0. The Bertz CT molecular complexity index is 2320. The van der Waals surface area contributed by atoms with E-state index < -0.39 is 5.41 Å². The van der Waals surface area contributed by atoms with E-state index in [1.807, 2.05) is 0 Å². The van der Waals surface area contributed by atoms with Gasteiger partial charge in [-0.15, -0.1) is 0 Å². The van der Waals surface area contributed by atoms with Gasteiger partial charge in [0.25, 0.3) is 0 Å². The van der Waals surface area contributed by atoms with Crippen molar-refractivity contribution in [3.8, 4) is 11.1 Å². The molecule has 2 unspecified atom stereocenters. The van der Waals surface area contributed by atoms with Crippen LogP contribution in [0.4, 0.5) is 34.1 Å². The van der Waals surface area contributed by atoms with Crippen LogP contribution in [0.1, 0.15) is 40.7 Å². The first kappa shape index (κ1) is 31.4. The SMILES string of the molecule is CC1=CC2C(C=C1)c1ccc(C)cc1C21c2cc(N(c3ccccc3)c3ccccc3)ccc2-c2ccc(N(c3ccccc3)c3ccccc3)cc21. The Morgan fingerprint density at radius 3 is 1.34 bits per heavy atom. The van der Waals surface area contributed by atoms with Gasteiger partial charge in [-0.3, -0.25) is 0 Å². The molecule has 0 radical (unpaired) electrons. The summed E-state index contributed by atoms with van der Waals surface area (Å²) in [6, 6.07) is 64.7. The second-order valence-electron chi connectivity index (χ2n) is 14.7. The van der Waals surface area contributed by atoms with Crippen LogP contribution in [-0.4, -0.2) is 0 Å². The van der Waals surface area contributed by atoms with Gasteiger partial charge in [-0.25, -0.2) is 0 Å². The van der Waals surface area contributed by atoms with E-state index in [0.717, 1.165) is 34.1 Å². The highest BCUT2D eigenvalue weighted by Crippen LogP contribution is 2.66. The van der Waals surface area contributed by atoms with Gasteiger partial charge in [-0.05, 0) is 120 Å². The Kier molecular flexibility index (Phi) is 7.33. The van der Waals surface area contributed by atoms with Gasteiger partial charge in [-0.2, -0.15) is 0 Å². The van der Waals surface area contributed by atoms with Gasteiger partial charge in [0.15, 0.2) is 0 Å². The lowest BCUT2D eigenvalue weighted by Gasteiger charge is -2.38. The number of anilines is 6. The van der Waals surface area contributed by atoms with Crippen LogP contribution in [0.2, 0.25) is 0 Å². The third kappa shape index (κ3) is 4.86. The average Bonchev–Trinajstić information content (AvgIpc) is 3.65. The van der Waals surface area contributed by atoms with Crippen molar-refractivity contribution in [1.82, 2.24) is 0 Å². The van der Waals surface area contributed by atoms with Crippen molar-refractivity contribution in [3.63, 3.8) is 0 Å². The summed E-state index contributed by atoms with van der Waals surface area (Å²) in [7, 11) is 0. The number of benzene rings is 7. The molecule has 10 rings (SSSR count). The number of fused-ring (bicyclic) bond motifs is 10. The van der Waals surface area contributed by atoms with Crippen LogP contribution in [0.3, 0.4) is 0 Å². The Labute approximate surface area is 312 Å². The topological polar surface area (TPSA) is 6.48 Å². The number of nitrogens with zero attached hydrogens (tertiary/aromatic N) is 2. The largest absolute Gasteiger partial charge is 0.310 e. The first-order valence-corrected chi connectivity index (χ1v) is 18.7. The van der Waals surface area contributed by atoms with E-state index in [2.05, 4.69) is 218 Å². The molecule has 0 fully saturated rings. The molecule has 0 saturated heterocycles. The molecular weight excluding hydrogens is 641 g/mol. The maximum absolute atomic E-state index is 2.57. The molecule has 7 aromatic rings. The lowest BCUT2D eigenvalue weighted by molar-refractivity contribution is 0.463. The molecule has 53 heavy (non-hydrogen) atoms. The van der Waals surface area contributed by atoms with Crippen molar-refractivity contribution in [2.24, 2.45) is 5.92 Å². The summed E-state index contributed by atoms with van der Waals surface area (Å²) >= 11 is 0. The summed E-state index contributed by atoms with van der Waals surface area (Å²) in [5.41, 5.74) is 17.4. The van der Waals surface area contributed by atoms with Gasteiger partial charge in [0, 0.05) is 46.0 Å². The standard InChI is InChI=1S/C51H40N2/c1-35-23-27-43-44-28-24-36(2)32-48(44)51(47(43)31-35)49-33-41(52(37-15-7-3-8-16-37)38-17-9-4-10-18-38)25-29-45(49)46-30-26-42(34-50(46)51)53(39-19-11-5-12-20-39)40-21-13-6-14-22-40/h3-34,43,47H,1-2H3. The second kappa shape index (κ2) is 12.4. The number of aryl methyl sites for hydroxylation is 1. The van der Waals surface area contributed by atoms with Crippen molar-refractivity contribution < 1.29 is 0 Å². The zero-order chi connectivity index (χ0) is 35.5. The summed E-state index contributed by atoms with van der Waals surface area (Å²) in [6.45, 7) is 4.51. The van der Waals surface area contributed by atoms with Crippen molar-refractivity contribution >= 4 is 34.1 Å². The monoisotopic (exact) mass is 680 g/mol. The normalized spacial score (nSPS) is 17.1. The predicted octanol–water partition coefficient (Wildman–Crippen LogP) is 13.5. The number of para-hydroxylation sites is 4. The molecule has 254 valence electrons. The molecule has 0 N–H and O–H groups in total. The Balaban J connectivity index is 1.27. The summed E-state index contributed by atoms with van der Waals surface area (Å²) in [4.78, 5) is 4.81. The van der Waals surface area contributed by atoms with E-state index in [4.69, 9.17) is 0 Å². The maximum Gasteiger partial charge on any atom is 0.0539 e. The molecule has 7 aromatic carbocycles. The highest BCUT2D eigenvalue weighted by molar-refractivity contribution is 5.91. The van der Waals surface area contributed by atoms with Crippen molar-refractivity contribution in [2.75, 3.05) is 9.80 Å². The predicted molar refractivity (Wildman–Crippen MR) is 221 cm³/mol. The Hall–Kier alpha value is -6.38. The maximum atomic E-state index is 2.57. The van der Waals surface area contributed by atoms with Gasteiger partial charge >= 0.3 is 0 Å². The average molecular weight is 681 g/mol. The van der Waals surface area contributed by atoms with Gasteiger partial charge in [0.1, 0.15) is 0 Å². The molecule has 0 heterocycles. The fraction of sp³-hybridized carbons (Fsp3) is 0.0980. The third-order valence-corrected chi connectivity index (χ3v) is 11.6. The molecule has 0 aromatic heterocycles. The van der Waals surface area contributed by atoms with E-state index in [9.17, 15) is 0 Å². The van der Waals surface area contributed by atoms with Gasteiger partial charge in [-0.1, -0.05) is 132 Å². The van der Waals surface area contributed by atoms with Crippen LogP contribution >= 0.6 is 0 Å². The number of hydrogen-bond acceptors (Lipinski definition) is 2. The van der Waals surface area contributed by atoms with E-state index in [0.29, 0.717) is 0 Å². The minimum atomic E-state index is -0.396. The molecule has 3 aliphatic carbocycles. The summed E-state index contributed by atoms with van der Waals surface area (Å²) in [6.07, 6.45) is 7.36. The highest BCUT2D eigenvalue weighted by Gasteiger charge is 2.57. The molecule has 0 amide bonds.